The molecule has 1 aliphatic rings. The van der Waals surface area contributed by atoms with Crippen molar-refractivity contribution in [3.63, 3.8) is 0 Å². The molecule has 3 N–H and O–H groups in total. The molecule has 2 unspecified atom stereocenters. The fourth-order valence-corrected chi connectivity index (χ4v) is 3.44. The van der Waals surface area contributed by atoms with Crippen LogP contribution in [0.1, 0.15) is 25.7 Å². The predicted octanol–water partition coefficient (Wildman–Crippen LogP) is 2.65. The molecule has 0 radical (unpaired) electrons. The van der Waals surface area contributed by atoms with Gasteiger partial charge in [-0.05, 0) is 23.6 Å². The molecule has 2 aromatic rings. The number of hydrogen-bond donors (Lipinski definition) is 3. The minimum atomic E-state index is -0.671. The van der Waals surface area contributed by atoms with Crippen LogP contribution >= 0.6 is 15.9 Å². The van der Waals surface area contributed by atoms with Crippen molar-refractivity contribution in [1.82, 2.24) is 25.5 Å². The van der Waals surface area contributed by atoms with Crippen molar-refractivity contribution < 1.29 is 14.3 Å². The minimum Gasteiger partial charge on any atom is -0.453 e. The van der Waals surface area contributed by atoms with E-state index in [0.29, 0.717) is 19.0 Å². The van der Waals surface area contributed by atoms with Crippen LogP contribution in [0.5, 0.6) is 0 Å². The molecule has 1 aromatic carbocycles. The maximum atomic E-state index is 13.1. The Morgan fingerprint density at radius 3 is 2.68 bits per heavy atom. The number of halogens is 1. The number of amides is 2. The Labute approximate surface area is 172 Å². The van der Waals surface area contributed by atoms with Crippen molar-refractivity contribution in [2.75, 3.05) is 20.3 Å². The summed E-state index contributed by atoms with van der Waals surface area (Å²) in [7, 11) is 1.28. The molecule has 0 saturated carbocycles. The first-order chi connectivity index (χ1) is 13.4. The van der Waals surface area contributed by atoms with Gasteiger partial charge >= 0.3 is 6.09 Å². The molecule has 0 aliphatic carbocycles. The number of rotatable bonds is 5. The van der Waals surface area contributed by atoms with E-state index in [9.17, 15) is 9.59 Å². The van der Waals surface area contributed by atoms with Gasteiger partial charge in [-0.25, -0.2) is 9.78 Å². The number of hydrogen-bond acceptors (Lipinski definition) is 5. The van der Waals surface area contributed by atoms with Crippen LogP contribution in [0.3, 0.4) is 0 Å². The Kier molecular flexibility index (Phi) is 6.35. The zero-order valence-electron chi connectivity index (χ0n) is 16.0. The van der Waals surface area contributed by atoms with Crippen LogP contribution in [0.25, 0.3) is 11.3 Å². The van der Waals surface area contributed by atoms with Gasteiger partial charge in [0, 0.05) is 11.0 Å². The largest absolute Gasteiger partial charge is 0.453 e. The molecule has 28 heavy (non-hydrogen) atoms. The third-order valence-corrected chi connectivity index (χ3v) is 5.27. The Balaban J connectivity index is 1.79. The molecule has 9 heteroatoms. The maximum Gasteiger partial charge on any atom is 0.407 e. The summed E-state index contributed by atoms with van der Waals surface area (Å²) in [5, 5.41) is 5.85. The average Bonchev–Trinajstić information content (AvgIpc) is 3.34. The fourth-order valence-electron chi connectivity index (χ4n) is 3.18. The Morgan fingerprint density at radius 2 is 2.04 bits per heavy atom. The monoisotopic (exact) mass is 449 g/mol. The van der Waals surface area contributed by atoms with Gasteiger partial charge in [0.05, 0.1) is 25.7 Å². The summed E-state index contributed by atoms with van der Waals surface area (Å²) in [5.41, 5.74) is 1.90. The first-order valence-electron chi connectivity index (χ1n) is 9.07. The zero-order valence-corrected chi connectivity index (χ0v) is 17.6. The summed E-state index contributed by atoms with van der Waals surface area (Å²) in [4.78, 5) is 34.3. The summed E-state index contributed by atoms with van der Waals surface area (Å²) in [5.74, 6) is 0.455. The number of carbonyl (C=O) groups is 2. The van der Waals surface area contributed by atoms with E-state index in [4.69, 9.17) is 0 Å². The summed E-state index contributed by atoms with van der Waals surface area (Å²) in [6.07, 6.45) is 1.15. The van der Waals surface area contributed by atoms with E-state index < -0.39 is 12.1 Å². The van der Waals surface area contributed by atoms with Crippen molar-refractivity contribution in [3.05, 3.63) is 40.8 Å². The minimum absolute atomic E-state index is 0.0808. The van der Waals surface area contributed by atoms with E-state index in [1.807, 2.05) is 38.1 Å². The van der Waals surface area contributed by atoms with Crippen molar-refractivity contribution >= 4 is 27.9 Å². The van der Waals surface area contributed by atoms with Gasteiger partial charge in [0.2, 0.25) is 5.91 Å². The number of methoxy groups -OCH3 is 1. The highest BCUT2D eigenvalue weighted by molar-refractivity contribution is 9.10. The van der Waals surface area contributed by atoms with Gasteiger partial charge in [-0.3, -0.25) is 10.1 Å². The first-order valence-corrected chi connectivity index (χ1v) is 9.86. The van der Waals surface area contributed by atoms with E-state index in [-0.39, 0.29) is 17.9 Å². The van der Waals surface area contributed by atoms with E-state index >= 15 is 0 Å². The summed E-state index contributed by atoms with van der Waals surface area (Å²) in [6, 6.07) is 7.01. The lowest BCUT2D eigenvalue weighted by Crippen LogP contribution is -2.51. The average molecular weight is 450 g/mol. The SMILES string of the molecule is COC(=O)NC(C(=O)N1CNCC1c1ncc(-c2ccc(Br)cc2)[nH]1)C(C)C. The van der Waals surface area contributed by atoms with Crippen molar-refractivity contribution in [1.29, 1.82) is 0 Å². The third-order valence-electron chi connectivity index (χ3n) is 4.74. The number of aromatic amines is 1. The third kappa shape index (κ3) is 4.36. The highest BCUT2D eigenvalue weighted by Crippen LogP contribution is 2.26. The highest BCUT2D eigenvalue weighted by atomic mass is 79.9. The van der Waals surface area contributed by atoms with E-state index in [0.717, 1.165) is 15.7 Å². The topological polar surface area (TPSA) is 99.3 Å². The molecule has 1 saturated heterocycles. The van der Waals surface area contributed by atoms with Crippen LogP contribution in [0.15, 0.2) is 34.9 Å². The number of carbonyl (C=O) groups excluding carboxylic acids is 2. The van der Waals surface area contributed by atoms with E-state index in [2.05, 4.69) is 41.3 Å². The van der Waals surface area contributed by atoms with Gasteiger partial charge in [-0.1, -0.05) is 41.9 Å². The Morgan fingerprint density at radius 1 is 1.32 bits per heavy atom. The normalized spacial score (nSPS) is 17.6. The molecular weight excluding hydrogens is 426 g/mol. The lowest BCUT2D eigenvalue weighted by molar-refractivity contribution is -0.135. The molecule has 150 valence electrons. The van der Waals surface area contributed by atoms with Crippen LogP contribution in [0.4, 0.5) is 4.79 Å². The summed E-state index contributed by atoms with van der Waals surface area (Å²) < 4.78 is 5.66. The lowest BCUT2D eigenvalue weighted by atomic mass is 10.0. The molecule has 1 aliphatic heterocycles. The number of nitrogens with one attached hydrogen (secondary N) is 3. The second-order valence-corrected chi connectivity index (χ2v) is 7.90. The quantitative estimate of drug-likeness (QED) is 0.651. The van der Waals surface area contributed by atoms with Gasteiger partial charge < -0.3 is 19.9 Å². The summed E-state index contributed by atoms with van der Waals surface area (Å²) in [6.45, 7) is 4.75. The first kappa shape index (κ1) is 20.3. The smallest absolute Gasteiger partial charge is 0.407 e. The zero-order chi connectivity index (χ0) is 20.3. The van der Waals surface area contributed by atoms with E-state index in [1.165, 1.54) is 7.11 Å². The summed E-state index contributed by atoms with van der Waals surface area (Å²) >= 11 is 3.43. The lowest BCUT2D eigenvalue weighted by Gasteiger charge is -2.29. The van der Waals surface area contributed by atoms with Gasteiger partial charge in [0.25, 0.3) is 0 Å². The molecule has 2 heterocycles. The predicted molar refractivity (Wildman–Crippen MR) is 108 cm³/mol. The van der Waals surface area contributed by atoms with Crippen LogP contribution in [-0.4, -0.2) is 53.2 Å². The number of nitrogens with zero attached hydrogens (tertiary/aromatic N) is 2. The van der Waals surface area contributed by atoms with Gasteiger partial charge in [-0.15, -0.1) is 0 Å². The number of alkyl carbamates (subject to hydrolysis) is 1. The van der Waals surface area contributed by atoms with Crippen molar-refractivity contribution in [3.8, 4) is 11.3 Å². The second-order valence-electron chi connectivity index (χ2n) is 6.98. The molecule has 1 fully saturated rings. The number of H-pyrrole nitrogens is 1. The molecule has 2 amide bonds. The highest BCUT2D eigenvalue weighted by Gasteiger charge is 2.37. The number of ether oxygens (including phenoxy) is 1. The molecule has 1 aromatic heterocycles. The molecule has 0 bridgehead atoms. The maximum absolute atomic E-state index is 13.1. The van der Waals surface area contributed by atoms with Crippen LogP contribution in [0, 0.1) is 5.92 Å². The number of aromatic nitrogens is 2. The fraction of sp³-hybridized carbons (Fsp3) is 0.421. The Hall–Kier alpha value is -2.39. The number of benzene rings is 1. The Bertz CT molecular complexity index is 836. The van der Waals surface area contributed by atoms with Crippen LogP contribution in [0.2, 0.25) is 0 Å². The molecular formula is C19H24BrN5O3. The molecule has 8 nitrogen and oxygen atoms in total. The van der Waals surface area contributed by atoms with Crippen LogP contribution < -0.4 is 10.6 Å². The second kappa shape index (κ2) is 8.74. The van der Waals surface area contributed by atoms with Gasteiger partial charge in [-0.2, -0.15) is 0 Å². The van der Waals surface area contributed by atoms with E-state index in [1.54, 1.807) is 11.1 Å². The number of imidazole rings is 1. The van der Waals surface area contributed by atoms with Gasteiger partial charge in [0.15, 0.2) is 0 Å². The molecule has 2 atom stereocenters. The van der Waals surface area contributed by atoms with Crippen molar-refractivity contribution in [2.45, 2.75) is 25.9 Å². The van der Waals surface area contributed by atoms with Crippen LogP contribution in [-0.2, 0) is 9.53 Å². The van der Waals surface area contributed by atoms with Crippen molar-refractivity contribution in [2.24, 2.45) is 5.92 Å². The molecule has 3 rings (SSSR count). The molecule has 0 spiro atoms. The van der Waals surface area contributed by atoms with Gasteiger partial charge in [0.1, 0.15) is 17.9 Å². The standard InChI is InChI=1S/C19H24BrN5O3/c1-11(2)16(24-19(27)28-3)18(26)25-10-21-9-15(25)17-22-8-14(23-17)12-4-6-13(20)7-5-12/h4-8,11,15-16,21H,9-10H2,1-3H3,(H,22,23)(H,24,27).